The number of rotatable bonds is 1. The number of amides is 1. The number of hydrogen-bond donors (Lipinski definition) is 0. The van der Waals surface area contributed by atoms with Gasteiger partial charge in [0.05, 0.1) is 6.54 Å². The molecule has 4 rings (SSSR count). The number of carbonyl (C=O) groups excluding carboxylic acids is 1. The van der Waals surface area contributed by atoms with Gasteiger partial charge in [0.2, 0.25) is 0 Å². The maximum absolute atomic E-state index is 12.6. The summed E-state index contributed by atoms with van der Waals surface area (Å²) in [5.74, 6) is 0. The summed E-state index contributed by atoms with van der Waals surface area (Å²) in [5.41, 5.74) is 3.49. The maximum Gasteiger partial charge on any atom is 0.410 e. The van der Waals surface area contributed by atoms with Crippen LogP contribution in [0.5, 0.6) is 0 Å². The molecular weight excluding hydrogens is 328 g/mol. The normalized spacial score (nSPS) is 18.8. The first-order chi connectivity index (χ1) is 12.4. The summed E-state index contributed by atoms with van der Waals surface area (Å²) in [4.78, 5) is 14.5. The highest BCUT2D eigenvalue weighted by atomic mass is 16.6. The van der Waals surface area contributed by atoms with E-state index >= 15 is 0 Å². The minimum absolute atomic E-state index is 0.216. The molecule has 0 radical (unpaired) electrons. The number of fused-ring (bicyclic) bond motifs is 3. The van der Waals surface area contributed by atoms with Crippen LogP contribution in [0, 0.1) is 0 Å². The molecule has 3 heterocycles. The molecule has 0 saturated carbocycles. The molecule has 0 bridgehead atoms. The molecule has 0 atom stereocenters. The molecule has 5 nitrogen and oxygen atoms in total. The zero-order valence-electron chi connectivity index (χ0n) is 16.0. The average Bonchev–Trinajstić information content (AvgIpc) is 2.94. The van der Waals surface area contributed by atoms with Crippen LogP contribution in [0.25, 0.3) is 10.9 Å². The highest BCUT2D eigenvalue weighted by molar-refractivity contribution is 5.86. The van der Waals surface area contributed by atoms with E-state index in [0.717, 1.165) is 32.5 Å². The molecule has 0 unspecified atom stereocenters. The fourth-order valence-corrected chi connectivity index (χ4v) is 4.19. The number of benzene rings is 1. The molecule has 1 amide bonds. The quantitative estimate of drug-likeness (QED) is 0.766. The standard InChI is InChI=1S/C21H28N2O3/c1-21(2,3)26-20(24)22-11-8-17-16-6-4-5-7-18(16)23(19(17)14-22)15-9-12-25-13-10-15/h4-7,15H,8-14H2,1-3H3. The van der Waals surface area contributed by atoms with Gasteiger partial charge in [-0.25, -0.2) is 4.79 Å². The first-order valence-corrected chi connectivity index (χ1v) is 9.60. The van der Waals surface area contributed by atoms with Crippen molar-refractivity contribution in [1.29, 1.82) is 0 Å². The van der Waals surface area contributed by atoms with Gasteiger partial charge in [0, 0.05) is 42.4 Å². The molecule has 1 aromatic carbocycles. The summed E-state index contributed by atoms with van der Waals surface area (Å²) in [6, 6.07) is 9.08. The lowest BCUT2D eigenvalue weighted by atomic mass is 10.0. The van der Waals surface area contributed by atoms with Gasteiger partial charge in [0.1, 0.15) is 5.60 Å². The summed E-state index contributed by atoms with van der Waals surface area (Å²) in [7, 11) is 0. The van der Waals surface area contributed by atoms with Crippen molar-refractivity contribution in [2.24, 2.45) is 0 Å². The second-order valence-electron chi connectivity index (χ2n) is 8.31. The molecule has 2 aromatic rings. The maximum atomic E-state index is 12.6. The summed E-state index contributed by atoms with van der Waals surface area (Å²) >= 11 is 0. The lowest BCUT2D eigenvalue weighted by Crippen LogP contribution is -2.40. The number of ether oxygens (including phenoxy) is 2. The Morgan fingerprint density at radius 1 is 1.19 bits per heavy atom. The Morgan fingerprint density at radius 2 is 1.92 bits per heavy atom. The first kappa shape index (κ1) is 17.4. The monoisotopic (exact) mass is 356 g/mol. The number of carbonyl (C=O) groups is 1. The Balaban J connectivity index is 1.71. The number of para-hydroxylation sites is 1. The number of hydrogen-bond acceptors (Lipinski definition) is 3. The zero-order valence-corrected chi connectivity index (χ0v) is 16.0. The number of nitrogens with zero attached hydrogens (tertiary/aromatic N) is 2. The highest BCUT2D eigenvalue weighted by Crippen LogP contribution is 2.36. The van der Waals surface area contributed by atoms with E-state index in [-0.39, 0.29) is 6.09 Å². The van der Waals surface area contributed by atoms with Crippen LogP contribution in [0.4, 0.5) is 4.79 Å². The second kappa shape index (κ2) is 6.62. The van der Waals surface area contributed by atoms with Crippen LogP contribution in [0.1, 0.15) is 50.9 Å². The molecule has 26 heavy (non-hydrogen) atoms. The van der Waals surface area contributed by atoms with Crippen molar-refractivity contribution in [3.05, 3.63) is 35.5 Å². The van der Waals surface area contributed by atoms with Gasteiger partial charge in [-0.2, -0.15) is 0 Å². The zero-order chi connectivity index (χ0) is 18.3. The number of aromatic nitrogens is 1. The van der Waals surface area contributed by atoms with E-state index in [1.807, 2.05) is 25.7 Å². The minimum Gasteiger partial charge on any atom is -0.444 e. The van der Waals surface area contributed by atoms with Gasteiger partial charge in [0.15, 0.2) is 0 Å². The summed E-state index contributed by atoms with van der Waals surface area (Å²) < 4.78 is 13.7. The van der Waals surface area contributed by atoms with Gasteiger partial charge in [-0.05, 0) is 51.7 Å². The molecule has 140 valence electrons. The van der Waals surface area contributed by atoms with E-state index in [1.165, 1.54) is 22.2 Å². The van der Waals surface area contributed by atoms with Crippen LogP contribution in [0.2, 0.25) is 0 Å². The molecule has 0 spiro atoms. The topological polar surface area (TPSA) is 43.7 Å². The Bertz CT molecular complexity index is 813. The van der Waals surface area contributed by atoms with E-state index in [1.54, 1.807) is 0 Å². The van der Waals surface area contributed by atoms with Gasteiger partial charge in [-0.1, -0.05) is 18.2 Å². The van der Waals surface area contributed by atoms with Crippen molar-refractivity contribution in [1.82, 2.24) is 9.47 Å². The Kier molecular flexibility index (Phi) is 4.43. The molecule has 0 aliphatic carbocycles. The van der Waals surface area contributed by atoms with Gasteiger partial charge in [-0.15, -0.1) is 0 Å². The van der Waals surface area contributed by atoms with Gasteiger partial charge in [0.25, 0.3) is 0 Å². The molecule has 5 heteroatoms. The Labute approximate surface area is 154 Å². The predicted octanol–water partition coefficient (Wildman–Crippen LogP) is 4.29. The van der Waals surface area contributed by atoms with Crippen molar-refractivity contribution < 1.29 is 14.3 Å². The van der Waals surface area contributed by atoms with Crippen molar-refractivity contribution in [2.75, 3.05) is 19.8 Å². The van der Waals surface area contributed by atoms with E-state index in [0.29, 0.717) is 19.1 Å². The predicted molar refractivity (Wildman–Crippen MR) is 101 cm³/mol. The van der Waals surface area contributed by atoms with E-state index in [4.69, 9.17) is 9.47 Å². The fraction of sp³-hybridized carbons (Fsp3) is 0.571. The molecule has 1 fully saturated rings. The summed E-state index contributed by atoms with van der Waals surface area (Å²) in [5, 5.41) is 1.33. The van der Waals surface area contributed by atoms with Crippen molar-refractivity contribution in [2.45, 2.75) is 58.2 Å². The summed E-state index contributed by atoms with van der Waals surface area (Å²) in [6.07, 6.45) is 2.72. The largest absolute Gasteiger partial charge is 0.444 e. The Hall–Kier alpha value is -2.01. The van der Waals surface area contributed by atoms with E-state index in [2.05, 4.69) is 28.8 Å². The van der Waals surface area contributed by atoms with Crippen LogP contribution < -0.4 is 0 Å². The van der Waals surface area contributed by atoms with Crippen molar-refractivity contribution in [3.8, 4) is 0 Å². The second-order valence-corrected chi connectivity index (χ2v) is 8.31. The lowest BCUT2D eigenvalue weighted by molar-refractivity contribution is 0.0213. The highest BCUT2D eigenvalue weighted by Gasteiger charge is 2.31. The van der Waals surface area contributed by atoms with E-state index in [9.17, 15) is 4.79 Å². The Morgan fingerprint density at radius 3 is 2.65 bits per heavy atom. The molecule has 2 aliphatic heterocycles. The van der Waals surface area contributed by atoms with Crippen LogP contribution in [-0.2, 0) is 22.4 Å². The van der Waals surface area contributed by atoms with Gasteiger partial charge in [-0.3, -0.25) is 0 Å². The molecule has 2 aliphatic rings. The van der Waals surface area contributed by atoms with Gasteiger partial charge < -0.3 is 18.9 Å². The lowest BCUT2D eigenvalue weighted by Gasteiger charge is -2.33. The van der Waals surface area contributed by atoms with Crippen molar-refractivity contribution >= 4 is 17.0 Å². The van der Waals surface area contributed by atoms with Crippen LogP contribution in [0.3, 0.4) is 0 Å². The minimum atomic E-state index is -0.467. The van der Waals surface area contributed by atoms with E-state index < -0.39 is 5.60 Å². The molecule has 1 aromatic heterocycles. The van der Waals surface area contributed by atoms with Crippen LogP contribution in [-0.4, -0.2) is 40.9 Å². The fourth-order valence-electron chi connectivity index (χ4n) is 4.19. The first-order valence-electron chi connectivity index (χ1n) is 9.60. The van der Waals surface area contributed by atoms with Crippen molar-refractivity contribution in [3.63, 3.8) is 0 Å². The summed E-state index contributed by atoms with van der Waals surface area (Å²) in [6.45, 7) is 8.70. The molecule has 1 saturated heterocycles. The SMILES string of the molecule is CC(C)(C)OC(=O)N1CCc2c(n(C3CCOCC3)c3ccccc23)C1. The van der Waals surface area contributed by atoms with Crippen LogP contribution >= 0.6 is 0 Å². The smallest absolute Gasteiger partial charge is 0.410 e. The third-order valence-electron chi connectivity index (χ3n) is 5.31. The molecular formula is C21H28N2O3. The van der Waals surface area contributed by atoms with Gasteiger partial charge >= 0.3 is 6.09 Å². The van der Waals surface area contributed by atoms with Crippen LogP contribution in [0.15, 0.2) is 24.3 Å². The average molecular weight is 356 g/mol. The third-order valence-corrected chi connectivity index (χ3v) is 5.31. The third kappa shape index (κ3) is 3.20. The molecule has 0 N–H and O–H groups in total.